The van der Waals surface area contributed by atoms with Crippen molar-refractivity contribution in [2.24, 2.45) is 0 Å². The summed E-state index contributed by atoms with van der Waals surface area (Å²) in [4.78, 5) is 64.2. The Kier molecular flexibility index (Phi) is 11.9. The van der Waals surface area contributed by atoms with Gasteiger partial charge in [-0.25, -0.2) is 9.97 Å². The van der Waals surface area contributed by atoms with Gasteiger partial charge in [-0.3, -0.25) is 9.59 Å². The number of nitrogens with two attached hydrogens (primary N) is 2. The lowest BCUT2D eigenvalue weighted by molar-refractivity contribution is -0.308. The summed E-state index contributed by atoms with van der Waals surface area (Å²) in [6.45, 7) is 0.315. The molecule has 2 aromatic carbocycles. The van der Waals surface area contributed by atoms with Crippen molar-refractivity contribution in [1.82, 2.24) is 42.9 Å². The van der Waals surface area contributed by atoms with E-state index in [0.29, 0.717) is 16.9 Å². The van der Waals surface area contributed by atoms with Crippen LogP contribution >= 0.6 is 0 Å². The molecule has 15 N–H and O–H groups in total. The van der Waals surface area contributed by atoms with Crippen LogP contribution in [0.25, 0.3) is 11.2 Å². The topological polar surface area (TPSA) is 327 Å². The highest BCUT2D eigenvalue weighted by atomic mass is 16.4. The number of benzene rings is 2. The fraction of sp³-hybridized carbons (Fsp3) is 0.185. The molecule has 0 radical (unpaired) electrons. The van der Waals surface area contributed by atoms with Crippen LogP contribution in [0.15, 0.2) is 54.7 Å². The van der Waals surface area contributed by atoms with E-state index in [4.69, 9.17) is 11.5 Å². The van der Waals surface area contributed by atoms with Gasteiger partial charge in [0.15, 0.2) is 17.0 Å². The second kappa shape index (κ2) is 15.3. The van der Waals surface area contributed by atoms with Gasteiger partial charge in [-0.2, -0.15) is 9.97 Å². The standard InChI is InChI=1S/C27H27N9O6.2H3N/c28-21-20-22(36-27(29)35-21)32-13-16(33-20)12-31-15-9-7-14(8-10-15)23(37)34-19(26(41)42)6-3-11-30-24(38)17-4-1-2-5-18(17)25(39)40;;/h1-2,4-5,7-10,13,19,31H,3,6,11-12H2,(H,30,38)(H,34,37)(H,39,40)(H,41,42)(H4,28,29,32,35,36);2*1H3. The molecular weight excluding hydrogens is 574 g/mol. The number of aliphatic carboxylic acids is 1. The summed E-state index contributed by atoms with van der Waals surface area (Å²) in [6.07, 6.45) is 1.65. The molecule has 4 aromatic rings. The Balaban J connectivity index is 0.00000337. The smallest absolute Gasteiger partial charge is 0.251 e. The molecule has 0 fully saturated rings. The van der Waals surface area contributed by atoms with Gasteiger partial charge < -0.3 is 59.5 Å². The Morgan fingerprint density at radius 1 is 0.864 bits per heavy atom. The van der Waals surface area contributed by atoms with Crippen LogP contribution in [0.4, 0.5) is 17.5 Å². The molecule has 1 unspecified atom stereocenters. The predicted molar refractivity (Wildman–Crippen MR) is 158 cm³/mol. The van der Waals surface area contributed by atoms with Crippen molar-refractivity contribution in [3.05, 3.63) is 77.1 Å². The molecule has 17 heteroatoms. The van der Waals surface area contributed by atoms with Gasteiger partial charge in [-0.15, -0.1) is 0 Å². The van der Waals surface area contributed by atoms with E-state index in [1.165, 1.54) is 42.6 Å². The number of carboxylic acid groups (broad SMARTS) is 2. The number of aromatic carboxylic acids is 1. The van der Waals surface area contributed by atoms with E-state index < -0.39 is 29.8 Å². The maximum Gasteiger partial charge on any atom is 0.251 e. The highest BCUT2D eigenvalue weighted by molar-refractivity contribution is 6.04. The van der Waals surface area contributed by atoms with Crippen LogP contribution in [0, 0.1) is 0 Å². The average molecular weight is 608 g/mol. The number of amides is 2. The van der Waals surface area contributed by atoms with E-state index >= 15 is 0 Å². The van der Waals surface area contributed by atoms with E-state index in [1.54, 1.807) is 12.1 Å². The third kappa shape index (κ3) is 8.54. The average Bonchev–Trinajstić information content (AvgIpc) is 2.97. The first-order chi connectivity index (χ1) is 20.1. The molecular formula is C27H33N11O6. The molecule has 0 spiro atoms. The lowest BCUT2D eigenvalue weighted by atomic mass is 10.1. The van der Waals surface area contributed by atoms with Crippen LogP contribution in [0.1, 0.15) is 49.6 Å². The lowest BCUT2D eigenvalue weighted by Crippen LogP contribution is -2.48. The van der Waals surface area contributed by atoms with Crippen LogP contribution in [0.5, 0.6) is 0 Å². The fourth-order valence-corrected chi connectivity index (χ4v) is 3.95. The van der Waals surface area contributed by atoms with Gasteiger partial charge in [0.2, 0.25) is 5.95 Å². The number of carboxylic acids is 2. The summed E-state index contributed by atoms with van der Waals surface area (Å²) >= 11 is 0. The Morgan fingerprint density at radius 2 is 1.55 bits per heavy atom. The van der Waals surface area contributed by atoms with Gasteiger partial charge in [-0.1, -0.05) is 18.2 Å². The fourth-order valence-electron chi connectivity index (χ4n) is 3.95. The summed E-state index contributed by atoms with van der Waals surface area (Å²) in [5.74, 6) is -4.14. The molecule has 44 heavy (non-hydrogen) atoms. The zero-order chi connectivity index (χ0) is 30.2. The molecule has 0 bridgehead atoms. The van der Waals surface area contributed by atoms with E-state index in [-0.39, 0.29) is 72.3 Å². The number of hydrogen-bond acceptors (Lipinski definition) is 13. The molecule has 2 aromatic heterocycles. The summed E-state index contributed by atoms with van der Waals surface area (Å²) in [7, 11) is 0. The number of hydrogen-bond donors (Lipinski definition) is 7. The minimum atomic E-state index is -1.49. The van der Waals surface area contributed by atoms with Crippen molar-refractivity contribution in [1.29, 1.82) is 0 Å². The SMILES string of the molecule is Nc1nc(N)c2nc(CNc3ccc(C(=O)NC(CCCNC(=O)c4ccccc4C(=O)[O-])C(=O)[O-])cc3)cnc2n1.[NH4+].[NH4+]. The number of anilines is 3. The van der Waals surface area contributed by atoms with Crippen LogP contribution < -0.4 is 49.9 Å². The molecule has 0 saturated heterocycles. The highest BCUT2D eigenvalue weighted by Crippen LogP contribution is 2.16. The second-order valence-electron chi connectivity index (χ2n) is 9.01. The first-order valence-electron chi connectivity index (χ1n) is 12.6. The van der Waals surface area contributed by atoms with Crippen molar-refractivity contribution >= 4 is 52.4 Å². The number of nitrogens with zero attached hydrogens (tertiary/aromatic N) is 4. The van der Waals surface area contributed by atoms with Gasteiger partial charge in [0.25, 0.3) is 11.8 Å². The van der Waals surface area contributed by atoms with Crippen LogP contribution in [0.3, 0.4) is 0 Å². The Morgan fingerprint density at radius 3 is 2.20 bits per heavy atom. The number of rotatable bonds is 12. The number of fused-ring (bicyclic) bond motifs is 1. The van der Waals surface area contributed by atoms with Crippen molar-refractivity contribution in [2.75, 3.05) is 23.3 Å². The van der Waals surface area contributed by atoms with Gasteiger partial charge in [0, 0.05) is 28.9 Å². The third-order valence-electron chi connectivity index (χ3n) is 6.06. The molecule has 1 atom stereocenters. The van der Waals surface area contributed by atoms with E-state index in [2.05, 4.69) is 35.9 Å². The number of carbonyl (C=O) groups is 4. The van der Waals surface area contributed by atoms with Crippen molar-refractivity contribution in [3.63, 3.8) is 0 Å². The summed E-state index contributed by atoms with van der Waals surface area (Å²) in [5, 5.41) is 30.9. The molecule has 2 amide bonds. The molecule has 232 valence electrons. The van der Waals surface area contributed by atoms with Gasteiger partial charge in [0.05, 0.1) is 36.4 Å². The predicted octanol–water partition coefficient (Wildman–Crippen LogP) is -0.629. The van der Waals surface area contributed by atoms with Crippen LogP contribution in [-0.4, -0.2) is 56.3 Å². The first kappa shape index (κ1) is 34.3. The van der Waals surface area contributed by atoms with Gasteiger partial charge in [0.1, 0.15) is 0 Å². The Labute approximate surface area is 250 Å². The van der Waals surface area contributed by atoms with E-state index in [1.807, 2.05) is 0 Å². The summed E-state index contributed by atoms with van der Waals surface area (Å²) in [6, 6.07) is 10.5. The van der Waals surface area contributed by atoms with Crippen molar-refractivity contribution < 1.29 is 29.4 Å². The number of nitrogen functional groups attached to an aromatic ring is 2. The molecule has 2 heterocycles. The molecule has 4 rings (SSSR count). The third-order valence-corrected chi connectivity index (χ3v) is 6.06. The summed E-state index contributed by atoms with van der Waals surface area (Å²) < 4.78 is 0. The van der Waals surface area contributed by atoms with Crippen LogP contribution in [-0.2, 0) is 11.3 Å². The number of nitrogens with one attached hydrogen (secondary N) is 3. The zero-order valence-electron chi connectivity index (χ0n) is 24.0. The van der Waals surface area contributed by atoms with Crippen molar-refractivity contribution in [3.8, 4) is 0 Å². The molecule has 0 aliphatic rings. The molecule has 0 aliphatic carbocycles. The molecule has 17 nitrogen and oxygen atoms in total. The maximum absolute atomic E-state index is 12.7. The lowest BCUT2D eigenvalue weighted by Gasteiger charge is -2.20. The maximum atomic E-state index is 12.7. The number of aromatic nitrogens is 4. The Bertz CT molecular complexity index is 1650. The minimum absolute atomic E-state index is 0. The number of quaternary nitrogens is 2. The normalized spacial score (nSPS) is 10.9. The quantitative estimate of drug-likeness (QED) is 0.0987. The largest absolute Gasteiger partial charge is 0.548 e. The summed E-state index contributed by atoms with van der Waals surface area (Å²) in [5.41, 5.74) is 13.1. The van der Waals surface area contributed by atoms with Crippen molar-refractivity contribution in [2.45, 2.75) is 25.4 Å². The van der Waals surface area contributed by atoms with Crippen LogP contribution in [0.2, 0.25) is 0 Å². The van der Waals surface area contributed by atoms with E-state index in [0.717, 1.165) is 0 Å². The highest BCUT2D eigenvalue weighted by Gasteiger charge is 2.16. The monoisotopic (exact) mass is 607 g/mol. The van der Waals surface area contributed by atoms with E-state index in [9.17, 15) is 29.4 Å². The van der Waals surface area contributed by atoms with Gasteiger partial charge in [-0.05, 0) is 43.2 Å². The van der Waals surface area contributed by atoms with Gasteiger partial charge >= 0.3 is 0 Å². The molecule has 0 saturated carbocycles. The first-order valence-corrected chi connectivity index (χ1v) is 12.6. The number of carbonyl (C=O) groups excluding carboxylic acids is 4. The zero-order valence-corrected chi connectivity index (χ0v) is 24.0. The minimum Gasteiger partial charge on any atom is -0.548 e. The second-order valence-corrected chi connectivity index (χ2v) is 9.01. The molecule has 0 aliphatic heterocycles. The Hall–Kier alpha value is -5.94.